The van der Waals surface area contributed by atoms with E-state index < -0.39 is 10.0 Å². The van der Waals surface area contributed by atoms with E-state index in [9.17, 15) is 8.42 Å². The quantitative estimate of drug-likeness (QED) is 0.716. The van der Waals surface area contributed by atoms with Gasteiger partial charge in [-0.3, -0.25) is 0 Å². The molecule has 1 saturated heterocycles. The maximum atomic E-state index is 13.3. The van der Waals surface area contributed by atoms with Crippen molar-refractivity contribution in [2.24, 2.45) is 0 Å². The van der Waals surface area contributed by atoms with Gasteiger partial charge in [-0.1, -0.05) is 28.4 Å². The minimum atomic E-state index is -3.71. The summed E-state index contributed by atoms with van der Waals surface area (Å²) in [6, 6.07) is 1.90. The van der Waals surface area contributed by atoms with Crippen LogP contribution in [0.25, 0.3) is 0 Å². The SMILES string of the molecule is Cc1cc(Cl)c(C)c(S(=O)(=O)N2CCC(n3nnc4c3CCCC4)CC2)c1Cl. The Hall–Kier alpha value is -1.15. The summed E-state index contributed by atoms with van der Waals surface area (Å²) in [6.45, 7) is 4.34. The van der Waals surface area contributed by atoms with Crippen molar-refractivity contribution in [3.8, 4) is 0 Å². The van der Waals surface area contributed by atoms with Crippen molar-refractivity contribution in [2.45, 2.75) is 63.3 Å². The van der Waals surface area contributed by atoms with Gasteiger partial charge in [0.2, 0.25) is 10.0 Å². The van der Waals surface area contributed by atoms with Crippen LogP contribution < -0.4 is 0 Å². The Morgan fingerprint density at radius 3 is 2.50 bits per heavy atom. The average Bonchev–Trinajstić information content (AvgIpc) is 3.11. The van der Waals surface area contributed by atoms with Crippen molar-refractivity contribution < 1.29 is 8.42 Å². The first-order valence-corrected chi connectivity index (χ1v) is 11.9. The van der Waals surface area contributed by atoms with Crippen LogP contribution in [0.15, 0.2) is 11.0 Å². The van der Waals surface area contributed by atoms with Crippen LogP contribution in [0.5, 0.6) is 0 Å². The van der Waals surface area contributed by atoms with E-state index >= 15 is 0 Å². The lowest BCUT2D eigenvalue weighted by Gasteiger charge is -2.32. The fourth-order valence-electron chi connectivity index (χ4n) is 4.25. The molecule has 2 aliphatic rings. The number of aromatic nitrogens is 3. The number of fused-ring (bicyclic) bond motifs is 1. The lowest BCUT2D eigenvalue weighted by atomic mass is 9.99. The molecule has 1 aromatic heterocycles. The van der Waals surface area contributed by atoms with Crippen LogP contribution in [-0.2, 0) is 22.9 Å². The molecule has 4 rings (SSSR count). The molecule has 0 spiro atoms. The number of hydrogen-bond acceptors (Lipinski definition) is 4. The third-order valence-corrected chi connectivity index (χ3v) is 8.97. The number of aryl methyl sites for hydroxylation is 2. The number of piperidine rings is 1. The predicted octanol–water partition coefficient (Wildman–Crippen LogP) is 4.11. The number of rotatable bonds is 3. The van der Waals surface area contributed by atoms with Gasteiger partial charge < -0.3 is 0 Å². The molecule has 1 fully saturated rings. The van der Waals surface area contributed by atoms with E-state index in [4.69, 9.17) is 23.2 Å². The molecule has 0 radical (unpaired) electrons. The summed E-state index contributed by atoms with van der Waals surface area (Å²) in [5.74, 6) is 0. The fraction of sp³-hybridized carbons (Fsp3) is 0.579. The summed E-state index contributed by atoms with van der Waals surface area (Å²) in [6.07, 6.45) is 5.77. The highest BCUT2D eigenvalue weighted by Gasteiger charge is 2.34. The number of sulfonamides is 1. The van der Waals surface area contributed by atoms with Gasteiger partial charge in [-0.05, 0) is 69.6 Å². The topological polar surface area (TPSA) is 68.1 Å². The Morgan fingerprint density at radius 1 is 1.11 bits per heavy atom. The number of nitrogens with zero attached hydrogens (tertiary/aromatic N) is 4. The van der Waals surface area contributed by atoms with E-state index in [2.05, 4.69) is 10.3 Å². The highest BCUT2D eigenvalue weighted by molar-refractivity contribution is 7.89. The van der Waals surface area contributed by atoms with Gasteiger partial charge in [0.15, 0.2) is 0 Å². The summed E-state index contributed by atoms with van der Waals surface area (Å²) in [4.78, 5) is 0.135. The molecule has 0 N–H and O–H groups in total. The Bertz CT molecular complexity index is 985. The predicted molar refractivity (Wildman–Crippen MR) is 110 cm³/mol. The third-order valence-electron chi connectivity index (χ3n) is 5.90. The van der Waals surface area contributed by atoms with Crippen LogP contribution in [-0.4, -0.2) is 40.8 Å². The Balaban J connectivity index is 1.56. The van der Waals surface area contributed by atoms with Crippen LogP contribution in [0.2, 0.25) is 10.0 Å². The van der Waals surface area contributed by atoms with Gasteiger partial charge in [-0.25, -0.2) is 13.1 Å². The molecule has 1 aromatic carbocycles. The zero-order valence-corrected chi connectivity index (χ0v) is 18.4. The largest absolute Gasteiger partial charge is 0.246 e. The molecule has 152 valence electrons. The molecule has 0 unspecified atom stereocenters. The maximum Gasteiger partial charge on any atom is 0.244 e. The van der Waals surface area contributed by atoms with E-state index in [1.54, 1.807) is 19.9 Å². The number of benzene rings is 1. The van der Waals surface area contributed by atoms with Crippen molar-refractivity contribution in [2.75, 3.05) is 13.1 Å². The molecule has 1 aliphatic heterocycles. The molecule has 9 heteroatoms. The van der Waals surface area contributed by atoms with Gasteiger partial charge in [-0.15, -0.1) is 5.10 Å². The number of hydrogen-bond donors (Lipinski definition) is 0. The molecule has 28 heavy (non-hydrogen) atoms. The zero-order chi connectivity index (χ0) is 20.1. The van der Waals surface area contributed by atoms with E-state index in [-0.39, 0.29) is 16.0 Å². The second-order valence-electron chi connectivity index (χ2n) is 7.71. The molecule has 6 nitrogen and oxygen atoms in total. The van der Waals surface area contributed by atoms with Crippen molar-refractivity contribution in [1.82, 2.24) is 19.3 Å². The average molecular weight is 443 g/mol. The first-order valence-electron chi connectivity index (χ1n) is 9.69. The molecule has 0 atom stereocenters. The molecule has 0 amide bonds. The Kier molecular flexibility index (Phi) is 5.46. The summed E-state index contributed by atoms with van der Waals surface area (Å²) < 4.78 is 30.2. The van der Waals surface area contributed by atoms with Gasteiger partial charge >= 0.3 is 0 Å². The van der Waals surface area contributed by atoms with Crippen LogP contribution in [0.4, 0.5) is 0 Å². The minimum Gasteiger partial charge on any atom is -0.246 e. The van der Waals surface area contributed by atoms with E-state index in [1.807, 2.05) is 4.68 Å². The smallest absolute Gasteiger partial charge is 0.244 e. The second-order valence-corrected chi connectivity index (χ2v) is 10.4. The first kappa shape index (κ1) is 20.1. The van der Waals surface area contributed by atoms with Gasteiger partial charge in [-0.2, -0.15) is 4.31 Å². The molecule has 0 bridgehead atoms. The van der Waals surface area contributed by atoms with E-state index in [1.165, 1.54) is 22.8 Å². The van der Waals surface area contributed by atoms with E-state index in [0.29, 0.717) is 42.1 Å². The first-order chi connectivity index (χ1) is 13.3. The molecular formula is C19H24Cl2N4O2S. The van der Waals surface area contributed by atoms with Crippen molar-refractivity contribution in [3.63, 3.8) is 0 Å². The van der Waals surface area contributed by atoms with E-state index in [0.717, 1.165) is 18.5 Å². The molecule has 2 aromatic rings. The Morgan fingerprint density at radius 2 is 1.79 bits per heavy atom. The van der Waals surface area contributed by atoms with Crippen LogP contribution >= 0.6 is 23.2 Å². The molecule has 1 aliphatic carbocycles. The van der Waals surface area contributed by atoms with Gasteiger partial charge in [0, 0.05) is 18.1 Å². The lowest BCUT2D eigenvalue weighted by Crippen LogP contribution is -2.40. The molecule has 0 saturated carbocycles. The molecule has 2 heterocycles. The fourth-order valence-corrected chi connectivity index (χ4v) is 6.89. The van der Waals surface area contributed by atoms with Crippen molar-refractivity contribution in [1.29, 1.82) is 0 Å². The summed E-state index contributed by atoms with van der Waals surface area (Å²) in [7, 11) is -3.71. The van der Waals surface area contributed by atoms with Crippen molar-refractivity contribution in [3.05, 3.63) is 38.6 Å². The maximum absolute atomic E-state index is 13.3. The van der Waals surface area contributed by atoms with Gasteiger partial charge in [0.25, 0.3) is 0 Å². The number of halogens is 2. The van der Waals surface area contributed by atoms with Crippen LogP contribution in [0.3, 0.4) is 0 Å². The molecular weight excluding hydrogens is 419 g/mol. The van der Waals surface area contributed by atoms with Gasteiger partial charge in [0.1, 0.15) is 4.90 Å². The third kappa shape index (κ3) is 3.36. The second kappa shape index (κ2) is 7.59. The van der Waals surface area contributed by atoms with Crippen molar-refractivity contribution >= 4 is 33.2 Å². The minimum absolute atomic E-state index is 0.135. The normalized spacial score (nSPS) is 19.0. The standard InChI is InChI=1S/C19H24Cl2N4O2S/c1-12-11-15(20)13(2)19(18(12)21)28(26,27)24-9-7-14(8-10-24)25-17-6-4-3-5-16(17)22-23-25/h11,14H,3-10H2,1-2H3. The van der Waals surface area contributed by atoms with Gasteiger partial charge in [0.05, 0.1) is 22.5 Å². The lowest BCUT2D eigenvalue weighted by molar-refractivity contribution is 0.254. The monoisotopic (exact) mass is 442 g/mol. The summed E-state index contributed by atoms with van der Waals surface area (Å²) in [5.41, 5.74) is 3.51. The highest BCUT2D eigenvalue weighted by atomic mass is 35.5. The zero-order valence-electron chi connectivity index (χ0n) is 16.1. The Labute approximate surface area is 175 Å². The van der Waals surface area contributed by atoms with Crippen LogP contribution in [0, 0.1) is 13.8 Å². The summed E-state index contributed by atoms with van der Waals surface area (Å²) in [5, 5.41) is 9.40. The summed E-state index contributed by atoms with van der Waals surface area (Å²) >= 11 is 12.6. The highest BCUT2D eigenvalue weighted by Crippen LogP contribution is 2.37. The van der Waals surface area contributed by atoms with Crippen LogP contribution in [0.1, 0.15) is 54.2 Å².